The van der Waals surface area contributed by atoms with E-state index in [4.69, 9.17) is 9.47 Å². The molecule has 0 saturated carbocycles. The number of para-hydroxylation sites is 1. The van der Waals surface area contributed by atoms with Gasteiger partial charge in [-0.25, -0.2) is 9.59 Å². The maximum Gasteiger partial charge on any atom is 0.411 e. The van der Waals surface area contributed by atoms with E-state index in [1.54, 1.807) is 43.9 Å². The Bertz CT molecular complexity index is 948. The van der Waals surface area contributed by atoms with Gasteiger partial charge in [-0.15, -0.1) is 0 Å². The summed E-state index contributed by atoms with van der Waals surface area (Å²) in [5.41, 5.74) is -1.11. The molecule has 3 heterocycles. The molecule has 0 radical (unpaired) electrons. The number of hydrogen-bond donors (Lipinski definition) is 2. The summed E-state index contributed by atoms with van der Waals surface area (Å²) < 4.78 is 11.4. The van der Waals surface area contributed by atoms with Crippen LogP contribution >= 0.6 is 0 Å². The van der Waals surface area contributed by atoms with E-state index in [1.807, 2.05) is 6.07 Å². The molecule has 1 aromatic carbocycles. The molecule has 2 saturated heterocycles. The molecule has 1 aromatic rings. The molecule has 32 heavy (non-hydrogen) atoms. The summed E-state index contributed by atoms with van der Waals surface area (Å²) in [5.74, 6) is -0.0839. The molecule has 2 N–H and O–H groups in total. The largest absolute Gasteiger partial charge is 0.491 e. The number of urea groups is 1. The van der Waals surface area contributed by atoms with E-state index in [0.717, 1.165) is 0 Å². The first-order chi connectivity index (χ1) is 15.1. The van der Waals surface area contributed by atoms with Gasteiger partial charge in [-0.05, 0) is 39.7 Å². The smallest absolute Gasteiger partial charge is 0.411 e. The van der Waals surface area contributed by atoms with Crippen LogP contribution in [0.15, 0.2) is 24.3 Å². The first-order valence-corrected chi connectivity index (χ1v) is 10.7. The van der Waals surface area contributed by atoms with Gasteiger partial charge in [0.25, 0.3) is 5.91 Å². The lowest BCUT2D eigenvalue weighted by molar-refractivity contribution is -0.140. The lowest BCUT2D eigenvalue weighted by atomic mass is 9.87. The third kappa shape index (κ3) is 4.09. The molecule has 1 atom stereocenters. The normalized spacial score (nSPS) is 22.4. The third-order valence-corrected chi connectivity index (χ3v) is 5.92. The highest BCUT2D eigenvalue weighted by Crippen LogP contribution is 2.36. The van der Waals surface area contributed by atoms with E-state index in [9.17, 15) is 19.2 Å². The van der Waals surface area contributed by atoms with Crippen molar-refractivity contribution >= 4 is 23.9 Å². The average Bonchev–Trinajstić information content (AvgIpc) is 2.88. The summed E-state index contributed by atoms with van der Waals surface area (Å²) in [5, 5.41) is 4.97. The van der Waals surface area contributed by atoms with Crippen LogP contribution in [0.3, 0.4) is 0 Å². The van der Waals surface area contributed by atoms with Gasteiger partial charge in [-0.2, -0.15) is 0 Å². The van der Waals surface area contributed by atoms with Gasteiger partial charge in [0.2, 0.25) is 5.91 Å². The lowest BCUT2D eigenvalue weighted by Gasteiger charge is -2.40. The predicted octanol–water partition coefficient (Wildman–Crippen LogP) is 1.56. The quantitative estimate of drug-likeness (QED) is 0.635. The Morgan fingerprint density at radius 3 is 2.44 bits per heavy atom. The van der Waals surface area contributed by atoms with E-state index in [-0.39, 0.29) is 38.1 Å². The van der Waals surface area contributed by atoms with Crippen LogP contribution in [0.2, 0.25) is 0 Å². The van der Waals surface area contributed by atoms with E-state index in [2.05, 4.69) is 10.6 Å². The summed E-state index contributed by atoms with van der Waals surface area (Å²) in [7, 11) is 0. The van der Waals surface area contributed by atoms with Gasteiger partial charge < -0.3 is 19.7 Å². The highest BCUT2D eigenvalue weighted by Gasteiger charge is 2.49. The van der Waals surface area contributed by atoms with E-state index in [0.29, 0.717) is 24.2 Å². The summed E-state index contributed by atoms with van der Waals surface area (Å²) >= 11 is 0. The summed E-state index contributed by atoms with van der Waals surface area (Å²) in [4.78, 5) is 53.6. The van der Waals surface area contributed by atoms with Crippen LogP contribution in [0.25, 0.3) is 0 Å². The highest BCUT2D eigenvalue weighted by molar-refractivity contribution is 6.07. The van der Waals surface area contributed by atoms with Crippen molar-refractivity contribution in [2.24, 2.45) is 0 Å². The predicted molar refractivity (Wildman–Crippen MR) is 113 cm³/mol. The second kappa shape index (κ2) is 7.99. The number of fused-ring (bicyclic) bond motifs is 1. The number of amides is 5. The Labute approximate surface area is 186 Å². The monoisotopic (exact) mass is 444 g/mol. The number of likely N-dealkylation sites (tertiary alicyclic amines) is 1. The minimum absolute atomic E-state index is 0.191. The molecule has 1 spiro atoms. The Balaban J connectivity index is 1.60. The minimum Gasteiger partial charge on any atom is -0.491 e. The number of carbonyl (C=O) groups excluding carboxylic acids is 4. The van der Waals surface area contributed by atoms with Crippen molar-refractivity contribution in [3.05, 3.63) is 29.8 Å². The van der Waals surface area contributed by atoms with Gasteiger partial charge in [-0.1, -0.05) is 18.2 Å². The van der Waals surface area contributed by atoms with Crippen LogP contribution in [0, 0.1) is 0 Å². The first-order valence-electron chi connectivity index (χ1n) is 10.7. The Hall–Kier alpha value is -3.30. The van der Waals surface area contributed by atoms with Crippen molar-refractivity contribution in [2.45, 2.75) is 50.8 Å². The van der Waals surface area contributed by atoms with Crippen LogP contribution in [-0.4, -0.2) is 71.1 Å². The second-order valence-corrected chi connectivity index (χ2v) is 9.28. The maximum atomic E-state index is 13.7. The zero-order chi connectivity index (χ0) is 23.1. The highest BCUT2D eigenvalue weighted by atomic mass is 16.6. The number of nitrogens with zero attached hydrogens (tertiary/aromatic N) is 2. The van der Waals surface area contributed by atoms with Crippen LogP contribution in [0.5, 0.6) is 5.75 Å². The Morgan fingerprint density at radius 1 is 1.12 bits per heavy atom. The number of imide groups is 1. The van der Waals surface area contributed by atoms with Crippen molar-refractivity contribution < 1.29 is 28.7 Å². The summed E-state index contributed by atoms with van der Waals surface area (Å²) in [6.07, 6.45) is 0.00777. The van der Waals surface area contributed by atoms with Crippen molar-refractivity contribution in [3.63, 3.8) is 0 Å². The summed E-state index contributed by atoms with van der Waals surface area (Å²) in [6, 6.07) is 5.74. The van der Waals surface area contributed by atoms with Crippen LogP contribution < -0.4 is 15.4 Å². The number of rotatable bonds is 1. The molecule has 10 heteroatoms. The lowest BCUT2D eigenvalue weighted by Crippen LogP contribution is -2.57. The fourth-order valence-corrected chi connectivity index (χ4v) is 4.33. The van der Waals surface area contributed by atoms with Gasteiger partial charge in [-0.3, -0.25) is 19.8 Å². The third-order valence-electron chi connectivity index (χ3n) is 5.92. The fraction of sp³-hybridized carbons (Fsp3) is 0.545. The number of benzene rings is 1. The van der Waals surface area contributed by atoms with Gasteiger partial charge >= 0.3 is 12.1 Å². The molecular weight excluding hydrogens is 416 g/mol. The fourth-order valence-electron chi connectivity index (χ4n) is 4.33. The van der Waals surface area contributed by atoms with E-state index >= 15 is 0 Å². The van der Waals surface area contributed by atoms with E-state index < -0.39 is 29.3 Å². The molecule has 5 amide bonds. The van der Waals surface area contributed by atoms with Gasteiger partial charge in [0.15, 0.2) is 0 Å². The molecule has 0 bridgehead atoms. The van der Waals surface area contributed by atoms with Crippen molar-refractivity contribution in [1.29, 1.82) is 0 Å². The van der Waals surface area contributed by atoms with Crippen LogP contribution in [0.4, 0.5) is 9.59 Å². The molecule has 10 nitrogen and oxygen atoms in total. The van der Waals surface area contributed by atoms with Gasteiger partial charge in [0.05, 0.1) is 6.54 Å². The maximum absolute atomic E-state index is 13.7. The number of piperidine rings is 1. The molecule has 2 fully saturated rings. The minimum atomic E-state index is -0.983. The van der Waals surface area contributed by atoms with E-state index in [1.165, 1.54) is 4.90 Å². The van der Waals surface area contributed by atoms with Crippen LogP contribution in [-0.2, 0) is 14.3 Å². The Morgan fingerprint density at radius 2 is 1.81 bits per heavy atom. The second-order valence-electron chi connectivity index (χ2n) is 9.28. The van der Waals surface area contributed by atoms with Crippen molar-refractivity contribution in [2.75, 3.05) is 26.2 Å². The summed E-state index contributed by atoms with van der Waals surface area (Å²) in [6.45, 7) is 6.28. The molecular formula is C22H28N4O6. The zero-order valence-electron chi connectivity index (χ0n) is 18.5. The van der Waals surface area contributed by atoms with Crippen LogP contribution in [0.1, 0.15) is 45.2 Å². The standard InChI is InChI=1S/C22H28N4O6/c1-21(2,3)32-20(30)26-12-13-31-15-7-5-4-6-14(15)16(26)17(27)25-10-8-22(9-11-25)18(28)23-19(29)24-22/h4-7,16H,8-13H2,1-3H3,(H2,23,24,28,29). The topological polar surface area (TPSA) is 117 Å². The Kier molecular flexibility index (Phi) is 5.47. The molecule has 4 rings (SSSR count). The molecule has 0 aromatic heterocycles. The molecule has 0 aliphatic carbocycles. The SMILES string of the molecule is CC(C)(C)OC(=O)N1CCOc2ccccc2C1C(=O)N1CCC2(CC1)NC(=O)NC2=O. The van der Waals surface area contributed by atoms with Gasteiger partial charge in [0, 0.05) is 18.7 Å². The first kappa shape index (κ1) is 21.9. The number of ether oxygens (including phenoxy) is 2. The number of nitrogens with one attached hydrogen (secondary N) is 2. The van der Waals surface area contributed by atoms with Crippen molar-refractivity contribution in [1.82, 2.24) is 20.4 Å². The zero-order valence-corrected chi connectivity index (χ0v) is 18.5. The van der Waals surface area contributed by atoms with Gasteiger partial charge in [0.1, 0.15) is 29.5 Å². The number of hydrogen-bond acceptors (Lipinski definition) is 6. The molecule has 3 aliphatic heterocycles. The van der Waals surface area contributed by atoms with Crippen molar-refractivity contribution in [3.8, 4) is 5.75 Å². The molecule has 3 aliphatic rings. The average molecular weight is 444 g/mol. The molecule has 172 valence electrons. The number of carbonyl (C=O) groups is 4. The molecule has 1 unspecified atom stereocenters.